The van der Waals surface area contributed by atoms with Gasteiger partial charge in [0.15, 0.2) is 31.3 Å². The molecule has 0 radical (unpaired) electrons. The molecule has 6 heteroatoms. The van der Waals surface area contributed by atoms with Crippen LogP contribution in [0.3, 0.4) is 0 Å². The van der Waals surface area contributed by atoms with Crippen LogP contribution in [-0.4, -0.2) is 9.79 Å². The molecule has 0 bridgehead atoms. The van der Waals surface area contributed by atoms with Crippen molar-refractivity contribution in [2.24, 2.45) is 0 Å². The number of rotatable bonds is 5. The molecule has 0 atom stereocenters. The molecule has 5 rings (SSSR count). The molecule has 0 fully saturated rings. The highest BCUT2D eigenvalue weighted by molar-refractivity contribution is 7.60. The van der Waals surface area contributed by atoms with Crippen molar-refractivity contribution in [2.45, 2.75) is 6.54 Å². The van der Waals surface area contributed by atoms with E-state index in [2.05, 4.69) is 65.5 Å². The Hall–Kier alpha value is -3.63. The standard InChI is InChI=1S/C27H21N2O3P/c30-33(31,32)27-11-4-2-7-24(27)20-28-16-12-21(13-17-28)22-14-18-29(19-15-22)26-10-5-8-23-6-1-3-9-25(23)26/h1-19H,20H2/p+2. The molecule has 0 saturated heterocycles. The Morgan fingerprint density at radius 2 is 1.27 bits per heavy atom. The normalized spacial score (nSPS) is 11.6. The second kappa shape index (κ2) is 8.72. The summed E-state index contributed by atoms with van der Waals surface area (Å²) in [5, 5.41) is 2.48. The smallest absolute Gasteiger partial charge is 0.321 e. The van der Waals surface area contributed by atoms with Crippen molar-refractivity contribution in [2.75, 3.05) is 0 Å². The maximum absolute atomic E-state index is 11.8. The Labute approximate surface area is 192 Å². The minimum atomic E-state index is -4.31. The van der Waals surface area contributed by atoms with Crippen LogP contribution in [0.15, 0.2) is 116 Å². The van der Waals surface area contributed by atoms with Crippen LogP contribution in [0, 0.1) is 0 Å². The molecular weight excluding hydrogens is 431 g/mol. The van der Waals surface area contributed by atoms with Gasteiger partial charge in [-0.3, -0.25) is 4.57 Å². The first-order valence-electron chi connectivity index (χ1n) is 10.6. The molecule has 0 amide bonds. The molecule has 0 aliphatic heterocycles. The van der Waals surface area contributed by atoms with Crippen molar-refractivity contribution in [3.8, 4) is 16.8 Å². The molecule has 2 N–H and O–H groups in total. The third-order valence-corrected chi connectivity index (χ3v) is 6.82. The van der Waals surface area contributed by atoms with E-state index >= 15 is 0 Å². The number of aromatic nitrogens is 2. The number of pyridine rings is 2. The number of benzene rings is 3. The first kappa shape index (κ1) is 21.2. The van der Waals surface area contributed by atoms with Crippen molar-refractivity contribution in [1.29, 1.82) is 0 Å². The molecule has 33 heavy (non-hydrogen) atoms. The molecule has 5 aromatic rings. The minimum Gasteiger partial charge on any atom is -0.321 e. The summed E-state index contributed by atoms with van der Waals surface area (Å²) in [5.74, 6) is 0. The maximum Gasteiger partial charge on any atom is 0.356 e. The second-order valence-electron chi connectivity index (χ2n) is 7.92. The van der Waals surface area contributed by atoms with Gasteiger partial charge >= 0.3 is 7.60 Å². The molecule has 3 aromatic carbocycles. The van der Waals surface area contributed by atoms with Crippen LogP contribution in [0.25, 0.3) is 27.6 Å². The van der Waals surface area contributed by atoms with E-state index in [0.717, 1.165) is 16.8 Å². The van der Waals surface area contributed by atoms with E-state index in [1.807, 2.05) is 35.2 Å². The SMILES string of the molecule is O=P(O)(O)c1ccccc1C[n+]1ccc(-c2cc[n+](-c3cccc4ccccc34)cc2)cc1. The number of fused-ring (bicyclic) bond motifs is 1. The molecule has 2 aromatic heterocycles. The summed E-state index contributed by atoms with van der Waals surface area (Å²) in [5.41, 5.74) is 3.91. The molecule has 0 spiro atoms. The van der Waals surface area contributed by atoms with Crippen molar-refractivity contribution in [1.82, 2.24) is 0 Å². The van der Waals surface area contributed by atoms with E-state index in [4.69, 9.17) is 0 Å². The van der Waals surface area contributed by atoms with Crippen LogP contribution in [0.5, 0.6) is 0 Å². The van der Waals surface area contributed by atoms with Gasteiger partial charge < -0.3 is 9.79 Å². The quantitative estimate of drug-likeness (QED) is 0.313. The van der Waals surface area contributed by atoms with Gasteiger partial charge in [0.2, 0.25) is 5.69 Å². The predicted octanol–water partition coefficient (Wildman–Crippen LogP) is 3.92. The van der Waals surface area contributed by atoms with E-state index in [1.165, 1.54) is 16.8 Å². The summed E-state index contributed by atoms with van der Waals surface area (Å²) in [6.45, 7) is 0.386. The van der Waals surface area contributed by atoms with Gasteiger partial charge in [0.25, 0.3) is 0 Å². The summed E-state index contributed by atoms with van der Waals surface area (Å²) >= 11 is 0. The molecule has 0 unspecified atom stereocenters. The predicted molar refractivity (Wildman–Crippen MR) is 128 cm³/mol. The van der Waals surface area contributed by atoms with Crippen LogP contribution in [0.2, 0.25) is 0 Å². The van der Waals surface area contributed by atoms with Crippen LogP contribution in [-0.2, 0) is 11.1 Å². The first-order chi connectivity index (χ1) is 16.0. The zero-order valence-corrected chi connectivity index (χ0v) is 18.7. The van der Waals surface area contributed by atoms with E-state index in [0.29, 0.717) is 12.1 Å². The molecule has 5 nitrogen and oxygen atoms in total. The van der Waals surface area contributed by atoms with Crippen molar-refractivity contribution < 1.29 is 23.5 Å². The Kier molecular flexibility index (Phi) is 5.61. The van der Waals surface area contributed by atoms with Crippen molar-refractivity contribution >= 4 is 23.7 Å². The molecule has 162 valence electrons. The van der Waals surface area contributed by atoms with Crippen LogP contribution < -0.4 is 14.4 Å². The van der Waals surface area contributed by atoms with E-state index < -0.39 is 7.60 Å². The molecule has 0 aliphatic carbocycles. The third-order valence-electron chi connectivity index (χ3n) is 5.76. The molecule has 0 saturated carbocycles. The molecule has 2 heterocycles. The lowest BCUT2D eigenvalue weighted by atomic mass is 10.1. The number of hydrogen-bond donors (Lipinski definition) is 2. The third kappa shape index (κ3) is 4.48. The van der Waals surface area contributed by atoms with Gasteiger partial charge in [-0.15, -0.1) is 0 Å². The van der Waals surface area contributed by atoms with Gasteiger partial charge in [-0.05, 0) is 28.6 Å². The van der Waals surface area contributed by atoms with Gasteiger partial charge in [-0.25, -0.2) is 4.57 Å². The van der Waals surface area contributed by atoms with E-state index in [9.17, 15) is 14.4 Å². The Morgan fingerprint density at radius 1 is 0.667 bits per heavy atom. The zero-order valence-electron chi connectivity index (χ0n) is 17.8. The lowest BCUT2D eigenvalue weighted by Crippen LogP contribution is -2.35. The number of nitrogens with zero attached hydrogens (tertiary/aromatic N) is 2. The van der Waals surface area contributed by atoms with Gasteiger partial charge in [-0.2, -0.15) is 4.57 Å². The van der Waals surface area contributed by atoms with Crippen molar-refractivity contribution in [3.63, 3.8) is 0 Å². The Morgan fingerprint density at radius 3 is 2.00 bits per heavy atom. The lowest BCUT2D eigenvalue weighted by Gasteiger charge is -2.08. The highest BCUT2D eigenvalue weighted by atomic mass is 31.2. The van der Waals surface area contributed by atoms with E-state index in [1.54, 1.807) is 18.2 Å². The Bertz CT molecular complexity index is 1470. The topological polar surface area (TPSA) is 65.3 Å². The van der Waals surface area contributed by atoms with Gasteiger partial charge in [0.05, 0.1) is 10.7 Å². The maximum atomic E-state index is 11.8. The average Bonchev–Trinajstić information content (AvgIpc) is 2.84. The summed E-state index contributed by atoms with van der Waals surface area (Å²) in [6.07, 6.45) is 7.98. The fourth-order valence-corrected chi connectivity index (χ4v) is 4.89. The second-order valence-corrected chi connectivity index (χ2v) is 9.49. The van der Waals surface area contributed by atoms with Crippen LogP contribution in [0.4, 0.5) is 0 Å². The average molecular weight is 454 g/mol. The van der Waals surface area contributed by atoms with Gasteiger partial charge in [-0.1, -0.05) is 48.5 Å². The van der Waals surface area contributed by atoms with Gasteiger partial charge in [0.1, 0.15) is 0 Å². The van der Waals surface area contributed by atoms with Crippen LogP contribution >= 0.6 is 7.60 Å². The fourth-order valence-electron chi connectivity index (χ4n) is 4.09. The largest absolute Gasteiger partial charge is 0.356 e. The Balaban J connectivity index is 1.39. The molecular formula is C27H23N2O3P+2. The monoisotopic (exact) mass is 454 g/mol. The van der Waals surface area contributed by atoms with Gasteiger partial charge in [0, 0.05) is 35.9 Å². The van der Waals surface area contributed by atoms with Crippen LogP contribution in [0.1, 0.15) is 5.56 Å². The van der Waals surface area contributed by atoms with Crippen molar-refractivity contribution in [3.05, 3.63) is 121 Å². The number of hydrogen-bond acceptors (Lipinski definition) is 1. The fraction of sp³-hybridized carbons (Fsp3) is 0.0370. The minimum absolute atomic E-state index is 0.0719. The summed E-state index contributed by atoms with van der Waals surface area (Å²) in [6, 6.07) is 29.5. The summed E-state index contributed by atoms with van der Waals surface area (Å²) in [4.78, 5) is 19.2. The first-order valence-corrected chi connectivity index (χ1v) is 12.2. The summed E-state index contributed by atoms with van der Waals surface area (Å²) in [7, 11) is -4.31. The highest BCUT2D eigenvalue weighted by Crippen LogP contribution is 2.34. The summed E-state index contributed by atoms with van der Waals surface area (Å²) < 4.78 is 15.8. The highest BCUT2D eigenvalue weighted by Gasteiger charge is 2.22. The zero-order chi connectivity index (χ0) is 22.8. The van der Waals surface area contributed by atoms with E-state index in [-0.39, 0.29) is 5.30 Å². The lowest BCUT2D eigenvalue weighted by molar-refractivity contribution is -0.688. The molecule has 0 aliphatic rings.